The highest BCUT2D eigenvalue weighted by molar-refractivity contribution is 6.09. The van der Waals surface area contributed by atoms with Crippen LogP contribution < -0.4 is 21.3 Å². The zero-order valence-electron chi connectivity index (χ0n) is 18.6. The first-order valence-electron chi connectivity index (χ1n) is 10.8. The molecule has 0 aliphatic carbocycles. The van der Waals surface area contributed by atoms with Crippen LogP contribution in [0.3, 0.4) is 0 Å². The van der Waals surface area contributed by atoms with Crippen molar-refractivity contribution in [2.24, 2.45) is 10.7 Å². The van der Waals surface area contributed by atoms with E-state index in [9.17, 15) is 26.3 Å². The van der Waals surface area contributed by atoms with Gasteiger partial charge in [0.15, 0.2) is 5.79 Å². The number of halogens is 6. The van der Waals surface area contributed by atoms with Gasteiger partial charge in [0.05, 0.1) is 23.9 Å². The fourth-order valence-electron chi connectivity index (χ4n) is 4.07. The average molecular weight is 499 g/mol. The second-order valence-electron chi connectivity index (χ2n) is 8.50. The summed E-state index contributed by atoms with van der Waals surface area (Å²) in [6.45, 7) is 2.14. The van der Waals surface area contributed by atoms with Crippen LogP contribution in [0.2, 0.25) is 0 Å². The molecule has 1 atom stereocenters. The van der Waals surface area contributed by atoms with Crippen LogP contribution >= 0.6 is 0 Å². The summed E-state index contributed by atoms with van der Waals surface area (Å²) in [7, 11) is 0. The minimum absolute atomic E-state index is 0.125. The third kappa shape index (κ3) is 6.02. The molecule has 0 aromatic carbocycles. The largest absolute Gasteiger partial charge is 0.419 e. The van der Waals surface area contributed by atoms with Crippen LogP contribution in [0.4, 0.5) is 37.8 Å². The summed E-state index contributed by atoms with van der Waals surface area (Å²) in [4.78, 5) is 13.9. The van der Waals surface area contributed by atoms with Gasteiger partial charge in [-0.1, -0.05) is 0 Å². The Morgan fingerprint density at radius 2 is 1.83 bits per heavy atom. The molecule has 188 valence electrons. The molecule has 35 heavy (non-hydrogen) atoms. The fourth-order valence-corrected chi connectivity index (χ4v) is 4.07. The molecule has 2 aliphatic heterocycles. The van der Waals surface area contributed by atoms with Crippen molar-refractivity contribution in [1.82, 2.24) is 15.3 Å². The molecule has 7 nitrogen and oxygen atoms in total. The third-order valence-corrected chi connectivity index (χ3v) is 5.52. The van der Waals surface area contributed by atoms with Gasteiger partial charge in [-0.15, -0.1) is 0 Å². The maximum Gasteiger partial charge on any atom is 0.419 e. The Kier molecular flexibility index (Phi) is 6.38. The number of nitrogens with one attached hydrogen (secondary N) is 2. The minimum atomic E-state index is -4.55. The van der Waals surface area contributed by atoms with Crippen molar-refractivity contribution in [2.45, 2.75) is 44.3 Å². The quantitative estimate of drug-likeness (QED) is 0.549. The van der Waals surface area contributed by atoms with Gasteiger partial charge in [-0.2, -0.15) is 26.3 Å². The molecule has 13 heteroatoms. The fraction of sp³-hybridized carbons (Fsp3) is 0.409. The highest BCUT2D eigenvalue weighted by Gasteiger charge is 2.37. The van der Waals surface area contributed by atoms with Gasteiger partial charge in [-0.3, -0.25) is 10.7 Å². The topological polar surface area (TPSA) is 91.5 Å². The molecule has 0 bridgehead atoms. The molecule has 2 aromatic rings. The summed E-state index contributed by atoms with van der Waals surface area (Å²) in [5.41, 5.74) is 7.13. The first kappa shape index (κ1) is 24.8. The lowest BCUT2D eigenvalue weighted by Crippen LogP contribution is -2.53. The van der Waals surface area contributed by atoms with Gasteiger partial charge in [0.1, 0.15) is 11.7 Å². The minimum Gasteiger partial charge on any atom is -0.355 e. The molecule has 0 saturated heterocycles. The number of hydrogen-bond donors (Lipinski definition) is 3. The van der Waals surface area contributed by atoms with Gasteiger partial charge >= 0.3 is 12.4 Å². The Hall–Kier alpha value is -3.35. The van der Waals surface area contributed by atoms with E-state index in [2.05, 4.69) is 25.6 Å². The highest BCUT2D eigenvalue weighted by atomic mass is 19.4. The van der Waals surface area contributed by atoms with E-state index in [0.717, 1.165) is 17.3 Å². The van der Waals surface area contributed by atoms with E-state index in [1.807, 2.05) is 0 Å². The number of amidine groups is 1. The summed E-state index contributed by atoms with van der Waals surface area (Å²) in [6.07, 6.45) is -6.77. The van der Waals surface area contributed by atoms with Gasteiger partial charge in [-0.25, -0.2) is 9.98 Å². The van der Waals surface area contributed by atoms with Crippen LogP contribution in [-0.4, -0.2) is 40.9 Å². The van der Waals surface area contributed by atoms with Gasteiger partial charge in [-0.05, 0) is 37.6 Å². The third-order valence-electron chi connectivity index (χ3n) is 5.52. The molecule has 1 unspecified atom stereocenters. The summed E-state index contributed by atoms with van der Waals surface area (Å²) in [5.74, 6) is -0.957. The van der Waals surface area contributed by atoms with E-state index < -0.39 is 30.1 Å². The van der Waals surface area contributed by atoms with E-state index in [1.54, 1.807) is 11.8 Å². The molecule has 2 aromatic heterocycles. The first-order valence-corrected chi connectivity index (χ1v) is 10.8. The standard InChI is InChI=1S/C22H23F6N7/c1-20(29)33-17-7-10-35(19-16(22(26,27)28)3-2-8-30-19)9-6-15(17)18(34-20)32-14-5-4-13(31-12-14)11-21(23,24)25/h2-5,8,12,33H,6-7,9-11,29H2,1H3,(H,32,34). The van der Waals surface area contributed by atoms with Crippen LogP contribution in [0, 0.1) is 0 Å². The molecule has 0 amide bonds. The normalized spacial score (nSPS) is 21.1. The Morgan fingerprint density at radius 1 is 1.09 bits per heavy atom. The molecule has 0 saturated carbocycles. The number of nitrogens with zero attached hydrogens (tertiary/aromatic N) is 4. The van der Waals surface area contributed by atoms with E-state index >= 15 is 0 Å². The molecule has 4 heterocycles. The van der Waals surface area contributed by atoms with Crippen molar-refractivity contribution in [3.05, 3.63) is 59.2 Å². The number of nitrogens with two attached hydrogens (primary N) is 1. The lowest BCUT2D eigenvalue weighted by molar-refractivity contribution is -0.137. The van der Waals surface area contributed by atoms with Gasteiger partial charge in [0, 0.05) is 42.7 Å². The van der Waals surface area contributed by atoms with Gasteiger partial charge in [0.25, 0.3) is 0 Å². The van der Waals surface area contributed by atoms with Crippen molar-refractivity contribution in [3.8, 4) is 0 Å². The molecule has 0 spiro atoms. The number of pyridine rings is 2. The summed E-state index contributed by atoms with van der Waals surface area (Å²) >= 11 is 0. The molecule has 4 rings (SSSR count). The van der Waals surface area contributed by atoms with Crippen molar-refractivity contribution in [1.29, 1.82) is 0 Å². The van der Waals surface area contributed by atoms with Crippen molar-refractivity contribution < 1.29 is 26.3 Å². The van der Waals surface area contributed by atoms with Crippen LogP contribution in [0.15, 0.2) is 52.9 Å². The molecule has 4 N–H and O–H groups in total. The van der Waals surface area contributed by atoms with Crippen molar-refractivity contribution in [2.75, 3.05) is 23.3 Å². The second-order valence-corrected chi connectivity index (χ2v) is 8.50. The van der Waals surface area contributed by atoms with Crippen molar-refractivity contribution in [3.63, 3.8) is 0 Å². The van der Waals surface area contributed by atoms with Gasteiger partial charge < -0.3 is 15.5 Å². The number of hydrogen-bond acceptors (Lipinski definition) is 7. The maximum atomic E-state index is 13.5. The molecular weight excluding hydrogens is 476 g/mol. The summed E-state index contributed by atoms with van der Waals surface area (Å²) < 4.78 is 78.4. The van der Waals surface area contributed by atoms with Crippen molar-refractivity contribution >= 4 is 17.3 Å². The van der Waals surface area contributed by atoms with E-state index in [4.69, 9.17) is 5.73 Å². The van der Waals surface area contributed by atoms with Crippen LogP contribution in [0.5, 0.6) is 0 Å². The zero-order valence-corrected chi connectivity index (χ0v) is 18.6. The Labute approximate surface area is 197 Å². The number of alkyl halides is 6. The van der Waals surface area contributed by atoms with E-state index in [1.165, 1.54) is 30.6 Å². The van der Waals surface area contributed by atoms with Crippen LogP contribution in [0.1, 0.15) is 31.0 Å². The van der Waals surface area contributed by atoms with Gasteiger partial charge in [0.2, 0.25) is 0 Å². The predicted molar refractivity (Wildman–Crippen MR) is 118 cm³/mol. The highest BCUT2D eigenvalue weighted by Crippen LogP contribution is 2.36. The molecule has 2 aliphatic rings. The lowest BCUT2D eigenvalue weighted by Gasteiger charge is -2.32. The number of anilines is 2. The monoisotopic (exact) mass is 499 g/mol. The van der Waals surface area contributed by atoms with Crippen LogP contribution in [0.25, 0.3) is 0 Å². The Morgan fingerprint density at radius 3 is 2.49 bits per heavy atom. The predicted octanol–water partition coefficient (Wildman–Crippen LogP) is 4.20. The average Bonchev–Trinajstić information content (AvgIpc) is 2.95. The molecular formula is C22H23F6N7. The summed E-state index contributed by atoms with van der Waals surface area (Å²) in [6, 6.07) is 4.97. The molecule has 0 fully saturated rings. The number of rotatable bonds is 3. The van der Waals surface area contributed by atoms with Crippen LogP contribution in [-0.2, 0) is 12.6 Å². The smallest absolute Gasteiger partial charge is 0.355 e. The first-order chi connectivity index (χ1) is 16.3. The maximum absolute atomic E-state index is 13.5. The number of aliphatic imine (C=N–C) groups is 1. The molecule has 0 radical (unpaired) electrons. The lowest BCUT2D eigenvalue weighted by atomic mass is 10.0. The number of aromatic nitrogens is 2. The Bertz CT molecular complexity index is 1140. The van der Waals surface area contributed by atoms with E-state index in [0.29, 0.717) is 24.4 Å². The second kappa shape index (κ2) is 9.02. The summed E-state index contributed by atoms with van der Waals surface area (Å²) in [5, 5.41) is 6.18. The zero-order chi connectivity index (χ0) is 25.4. The SMILES string of the molecule is CC1(N)N=C(Nc2ccc(CC(F)(F)F)nc2)C2=C(CCN(c3ncccc3C(F)(F)F)CC2)N1. The Balaban J connectivity index is 1.55. The van der Waals surface area contributed by atoms with E-state index in [-0.39, 0.29) is 24.6 Å².